The smallest absolute Gasteiger partial charge is 0.277 e. The molecule has 0 unspecified atom stereocenters. The Hall–Kier alpha value is -13.0. The van der Waals surface area contributed by atoms with Gasteiger partial charge in [0.15, 0.2) is 0 Å². The van der Waals surface area contributed by atoms with E-state index in [4.69, 9.17) is 27.9 Å². The third-order valence-electron chi connectivity index (χ3n) is 19.1. The molecule has 0 fully saturated rings. The zero-order chi connectivity index (χ0) is 71.6. The van der Waals surface area contributed by atoms with Gasteiger partial charge in [-0.1, -0.05) is 146 Å². The maximum Gasteiger partial charge on any atom is 0.277 e. The maximum atomic E-state index is 16.4. The Morgan fingerprint density at radius 3 is 0.808 bits per heavy atom. The van der Waals surface area contributed by atoms with Crippen LogP contribution >= 0.6 is 23.2 Å². The van der Waals surface area contributed by atoms with Crippen LogP contribution in [0, 0.1) is 43.5 Å². The van der Waals surface area contributed by atoms with E-state index in [1.807, 2.05) is 202 Å². The standard InChI is InChI=1S/C43H27F2N3O3.C42H25F2N3O3.CH2Cl2/c1-51-43-21-19-27(47-40-16-8-4-12-30(40)31-13-5-9-17-41(31)47)23-35(43)33-25-36(44)32(24-37(33)45)34-22-26(18-20-42(34)48(49)50)46-38-14-6-2-10-28(38)29-11-3-7-15-39(29)46;43-35-24-32(34-22-26(18-20-42(34)48)46-39-15-7-3-11-29(39)30-12-4-8-16-40(30)46)36(44)23-31(35)33-21-25(17-19-41(33)47(49)50)45-37-13-5-1-9-27(37)28-10-2-6-14-38(28)45;2-1-3/h2-25H,1H3;1-24,48H;1H2. The van der Waals surface area contributed by atoms with E-state index in [-0.39, 0.29) is 61.4 Å². The van der Waals surface area contributed by atoms with E-state index in [2.05, 4.69) is 16.7 Å². The van der Waals surface area contributed by atoms with Crippen molar-refractivity contribution >= 4 is 122 Å². The highest BCUT2D eigenvalue weighted by Gasteiger charge is 2.28. The largest absolute Gasteiger partial charge is 0.507 e. The second kappa shape index (κ2) is 26.8. The molecule has 506 valence electrons. The number of para-hydroxylation sites is 8. The first-order valence-electron chi connectivity index (χ1n) is 32.9. The minimum absolute atomic E-state index is 0.0306. The van der Waals surface area contributed by atoms with Crippen LogP contribution in [0.4, 0.5) is 28.9 Å². The van der Waals surface area contributed by atoms with Gasteiger partial charge in [-0.2, -0.15) is 0 Å². The number of benzene rings is 14. The summed E-state index contributed by atoms with van der Waals surface area (Å²) < 4.78 is 79.0. The van der Waals surface area contributed by atoms with Crippen molar-refractivity contribution in [2.75, 3.05) is 12.4 Å². The summed E-state index contributed by atoms with van der Waals surface area (Å²) in [7, 11) is 1.48. The molecule has 18 aromatic rings. The van der Waals surface area contributed by atoms with E-state index < -0.39 is 33.1 Å². The molecule has 4 aromatic heterocycles. The van der Waals surface area contributed by atoms with E-state index in [1.54, 1.807) is 42.5 Å². The molecule has 4 heterocycles. The zero-order valence-corrected chi connectivity index (χ0v) is 56.4. The van der Waals surface area contributed by atoms with Crippen molar-refractivity contribution in [3.63, 3.8) is 0 Å². The van der Waals surface area contributed by atoms with Crippen LogP contribution in [-0.2, 0) is 0 Å². The second-order valence-electron chi connectivity index (χ2n) is 24.7. The van der Waals surface area contributed by atoms with Gasteiger partial charge in [0, 0.05) is 111 Å². The fourth-order valence-electron chi connectivity index (χ4n) is 14.7. The number of halogens is 6. The highest BCUT2D eigenvalue weighted by molar-refractivity contribution is 6.40. The highest BCUT2D eigenvalue weighted by Crippen LogP contribution is 2.46. The quantitative estimate of drug-likeness (QED) is 0.0593. The van der Waals surface area contributed by atoms with Crippen molar-refractivity contribution in [3.8, 4) is 78.8 Å². The average molecular weight is 1410 g/mol. The Morgan fingerprint density at radius 1 is 0.317 bits per heavy atom. The van der Waals surface area contributed by atoms with Gasteiger partial charge in [0.05, 0.1) is 77.6 Å². The molecule has 0 spiro atoms. The second-order valence-corrected chi connectivity index (χ2v) is 25.5. The molecule has 18 rings (SSSR count). The number of nitrogens with zero attached hydrogens (tertiary/aromatic N) is 6. The SMILES string of the molecule is COc1ccc(-n2c3ccccc3c3ccccc32)cc1-c1cc(F)c(-c2cc(-n3c4ccccc4c4ccccc43)ccc2[N+](=O)[O-])cc1F.ClCCl.O=[N+]([O-])c1ccc(-n2c3ccccc3c3ccccc32)cc1-c1cc(F)c(-c2cc(-n3c4ccccc4c4ccccc43)ccc2O)cc1F. The number of rotatable bonds is 11. The number of nitro groups is 2. The van der Waals surface area contributed by atoms with Crippen molar-refractivity contribution in [2.24, 2.45) is 0 Å². The Bertz CT molecular complexity index is 6330. The fraction of sp³-hybridized carbons (Fsp3) is 0.0233. The number of aromatic nitrogens is 4. The first-order chi connectivity index (χ1) is 50.7. The van der Waals surface area contributed by atoms with Crippen molar-refractivity contribution in [1.29, 1.82) is 0 Å². The number of hydrogen-bond donors (Lipinski definition) is 1. The number of nitro benzene ring substituents is 2. The molecule has 0 bridgehead atoms. The number of methoxy groups -OCH3 is 1. The normalized spacial score (nSPS) is 11.5. The molecule has 1 N–H and O–H groups in total. The summed E-state index contributed by atoms with van der Waals surface area (Å²) in [5, 5.41) is 43.9. The summed E-state index contributed by atoms with van der Waals surface area (Å²) in [6.45, 7) is 0. The topological polar surface area (TPSA) is 135 Å². The summed E-state index contributed by atoms with van der Waals surface area (Å²) in [6, 6.07) is 86.4. The van der Waals surface area contributed by atoms with Gasteiger partial charge in [-0.15, -0.1) is 23.2 Å². The van der Waals surface area contributed by atoms with Crippen molar-refractivity contribution in [1.82, 2.24) is 18.3 Å². The summed E-state index contributed by atoms with van der Waals surface area (Å²) in [5.74, 6) is -3.15. The molecule has 0 aliphatic rings. The van der Waals surface area contributed by atoms with Gasteiger partial charge in [-0.05, 0) is 133 Å². The van der Waals surface area contributed by atoms with Gasteiger partial charge in [0.1, 0.15) is 34.8 Å². The summed E-state index contributed by atoms with van der Waals surface area (Å²) in [6.07, 6.45) is 0. The van der Waals surface area contributed by atoms with E-state index in [1.165, 1.54) is 31.4 Å². The van der Waals surface area contributed by atoms with Gasteiger partial charge in [0.25, 0.3) is 11.4 Å². The lowest BCUT2D eigenvalue weighted by Gasteiger charge is -2.16. The predicted octanol–water partition coefficient (Wildman–Crippen LogP) is 23.9. The molecule has 0 atom stereocenters. The Labute approximate surface area is 599 Å². The molecule has 0 amide bonds. The number of hydrogen-bond acceptors (Lipinski definition) is 6. The average Bonchev–Trinajstić information content (AvgIpc) is 1.46. The van der Waals surface area contributed by atoms with Crippen LogP contribution in [0.5, 0.6) is 11.5 Å². The number of ether oxygens (including phenoxy) is 1. The molecule has 18 heteroatoms. The maximum absolute atomic E-state index is 16.4. The van der Waals surface area contributed by atoms with Crippen LogP contribution in [-0.4, -0.2) is 45.7 Å². The number of aromatic hydroxyl groups is 1. The minimum Gasteiger partial charge on any atom is -0.507 e. The van der Waals surface area contributed by atoms with Crippen molar-refractivity contribution < 1.29 is 37.3 Å². The molecule has 14 aromatic carbocycles. The molecule has 0 aliphatic carbocycles. The molecular formula is C86H54Cl2F4N6O6. The Kier molecular flexibility index (Phi) is 16.9. The molecule has 104 heavy (non-hydrogen) atoms. The third kappa shape index (κ3) is 11.1. The van der Waals surface area contributed by atoms with E-state index in [0.29, 0.717) is 28.4 Å². The Balaban J connectivity index is 0.000000154. The van der Waals surface area contributed by atoms with Crippen LogP contribution in [0.2, 0.25) is 0 Å². The Morgan fingerprint density at radius 2 is 0.538 bits per heavy atom. The van der Waals surface area contributed by atoms with Crippen LogP contribution in [0.3, 0.4) is 0 Å². The number of fused-ring (bicyclic) bond motifs is 12. The molecule has 0 saturated carbocycles. The van der Waals surface area contributed by atoms with Gasteiger partial charge in [0.2, 0.25) is 0 Å². The van der Waals surface area contributed by atoms with Gasteiger partial charge in [-0.25, -0.2) is 17.6 Å². The lowest BCUT2D eigenvalue weighted by Crippen LogP contribution is -2.01. The molecular weight excluding hydrogens is 1360 g/mol. The van der Waals surface area contributed by atoms with Crippen LogP contribution < -0.4 is 4.74 Å². The summed E-state index contributed by atoms with van der Waals surface area (Å²) >= 11 is 9.53. The highest BCUT2D eigenvalue weighted by atomic mass is 35.5. The molecule has 0 aliphatic heterocycles. The lowest BCUT2D eigenvalue weighted by atomic mass is 9.96. The van der Waals surface area contributed by atoms with Gasteiger partial charge >= 0.3 is 0 Å². The summed E-state index contributed by atoms with van der Waals surface area (Å²) in [4.78, 5) is 23.3. The van der Waals surface area contributed by atoms with E-state index in [0.717, 1.165) is 117 Å². The first-order valence-corrected chi connectivity index (χ1v) is 33.9. The first kappa shape index (κ1) is 65.6. The molecule has 0 radical (unpaired) electrons. The van der Waals surface area contributed by atoms with E-state index in [9.17, 15) is 25.3 Å². The lowest BCUT2D eigenvalue weighted by molar-refractivity contribution is -0.384. The van der Waals surface area contributed by atoms with Crippen LogP contribution in [0.1, 0.15) is 0 Å². The number of alkyl halides is 2. The van der Waals surface area contributed by atoms with Crippen LogP contribution in [0.25, 0.3) is 154 Å². The van der Waals surface area contributed by atoms with Crippen molar-refractivity contribution in [2.45, 2.75) is 0 Å². The van der Waals surface area contributed by atoms with Crippen LogP contribution in [0.15, 0.2) is 291 Å². The van der Waals surface area contributed by atoms with E-state index >= 15 is 17.6 Å². The third-order valence-corrected chi connectivity index (χ3v) is 19.1. The number of phenols is 1. The zero-order valence-electron chi connectivity index (χ0n) is 54.9. The van der Waals surface area contributed by atoms with Crippen molar-refractivity contribution in [3.05, 3.63) is 335 Å². The monoisotopic (exact) mass is 1410 g/mol. The van der Waals surface area contributed by atoms with Gasteiger partial charge in [-0.3, -0.25) is 20.2 Å². The predicted molar refractivity (Wildman–Crippen MR) is 410 cm³/mol. The molecule has 12 nitrogen and oxygen atoms in total. The summed E-state index contributed by atoms with van der Waals surface area (Å²) in [5.41, 5.74) is 8.73. The van der Waals surface area contributed by atoms with Gasteiger partial charge < -0.3 is 28.1 Å². The molecule has 0 saturated heterocycles. The fourth-order valence-corrected chi connectivity index (χ4v) is 14.7. The number of phenolic OH excluding ortho intramolecular Hbond substituents is 1. The minimum atomic E-state index is -0.870.